The number of hydrogen-bond acceptors (Lipinski definition) is 9. The van der Waals surface area contributed by atoms with Crippen LogP contribution in [-0.2, 0) is 53.7 Å². The zero-order valence-corrected chi connectivity index (χ0v) is 28.7. The molecule has 5 rings (SSSR count). The fraction of sp³-hybridized carbons (Fsp3) is 0.250. The molecule has 0 spiro atoms. The third-order valence-corrected chi connectivity index (χ3v) is 9.18. The van der Waals surface area contributed by atoms with E-state index in [-0.39, 0.29) is 6.61 Å². The van der Waals surface area contributed by atoms with Gasteiger partial charge in [-0.15, -0.1) is 0 Å². The molecule has 15 nitrogen and oxygen atoms in total. The smallest absolute Gasteiger partial charge is 0.358 e. The van der Waals surface area contributed by atoms with Crippen LogP contribution in [0, 0.1) is 0 Å². The van der Waals surface area contributed by atoms with Crippen LogP contribution in [-0.4, -0.2) is 66.7 Å². The van der Waals surface area contributed by atoms with E-state index in [0.29, 0.717) is 22.3 Å². The Balaban J connectivity index is 1.63. The standard InChI is InChI=1S/C32H35O15P3/c33-48(34,35)45-28-27(22-43-32(24-15-7-2-8-16-24,25-17-9-3-10-18-25)26-19-11-4-12-20-26)44-31(42-21-23-13-5-1-6-14-23)30(47-50(39,40)41)29(28)46-49(36,37)38/h1-20,27-31H,21-22H2,(H2,33,34,35)(H2,36,37,38)(H2,39,40,41)/t27-,28+,29+,30-,31-/m0/s1. The van der Waals surface area contributed by atoms with Crippen molar-refractivity contribution >= 4 is 23.5 Å². The van der Waals surface area contributed by atoms with E-state index in [1.165, 1.54) is 0 Å². The second-order valence-corrected chi connectivity index (χ2v) is 14.7. The molecule has 1 aliphatic rings. The number of hydrogen-bond donors (Lipinski definition) is 6. The van der Waals surface area contributed by atoms with Gasteiger partial charge in [0.2, 0.25) is 0 Å². The summed E-state index contributed by atoms with van der Waals surface area (Å²) in [7, 11) is -16.6. The van der Waals surface area contributed by atoms with E-state index in [9.17, 15) is 43.1 Å². The molecule has 0 radical (unpaired) electrons. The van der Waals surface area contributed by atoms with Gasteiger partial charge >= 0.3 is 23.5 Å². The van der Waals surface area contributed by atoms with Crippen molar-refractivity contribution in [3.05, 3.63) is 144 Å². The second kappa shape index (κ2) is 16.2. The molecule has 0 aliphatic carbocycles. The van der Waals surface area contributed by atoms with E-state index in [2.05, 4.69) is 0 Å². The third kappa shape index (κ3) is 10.1. The molecule has 5 atom stereocenters. The first-order valence-electron chi connectivity index (χ1n) is 15.0. The van der Waals surface area contributed by atoms with Crippen molar-refractivity contribution in [2.24, 2.45) is 0 Å². The minimum atomic E-state index is -5.58. The van der Waals surface area contributed by atoms with Gasteiger partial charge < -0.3 is 43.6 Å². The molecular weight excluding hydrogens is 717 g/mol. The van der Waals surface area contributed by atoms with E-state index in [0.717, 1.165) is 0 Å². The van der Waals surface area contributed by atoms with Crippen molar-refractivity contribution in [2.75, 3.05) is 6.61 Å². The van der Waals surface area contributed by atoms with Crippen LogP contribution in [0.5, 0.6) is 0 Å². The summed E-state index contributed by atoms with van der Waals surface area (Å²) < 4.78 is 70.1. The molecule has 4 aromatic carbocycles. The fourth-order valence-corrected chi connectivity index (χ4v) is 7.38. The molecule has 0 amide bonds. The van der Waals surface area contributed by atoms with Gasteiger partial charge in [-0.1, -0.05) is 121 Å². The van der Waals surface area contributed by atoms with E-state index < -0.39 is 66.4 Å². The summed E-state index contributed by atoms with van der Waals surface area (Å²) in [5.41, 5.74) is 1.03. The molecule has 0 unspecified atom stereocenters. The number of ether oxygens (including phenoxy) is 3. The third-order valence-electron chi connectivity index (χ3n) is 7.63. The Morgan fingerprint density at radius 1 is 0.540 bits per heavy atom. The van der Waals surface area contributed by atoms with Crippen molar-refractivity contribution in [1.82, 2.24) is 0 Å². The van der Waals surface area contributed by atoms with Crippen LogP contribution in [0.3, 0.4) is 0 Å². The predicted octanol–water partition coefficient (Wildman–Crippen LogP) is 4.37. The summed E-state index contributed by atoms with van der Waals surface area (Å²) in [6, 6.07) is 35.4. The Labute approximate surface area is 287 Å². The average molecular weight is 753 g/mol. The SMILES string of the molecule is O=P(O)(O)O[C@H]1[C@H](OP(=O)(O)O)[C@@H](OCc2ccccc2)O[C@@H](COC(c2ccccc2)(c2ccccc2)c2ccccc2)[C@H]1OP(=O)(O)O. The number of phosphoric acid groups is 3. The van der Waals surface area contributed by atoms with E-state index in [1.807, 2.05) is 0 Å². The minimum absolute atomic E-state index is 0.255. The fourth-order valence-electron chi connectivity index (χ4n) is 5.71. The topological polar surface area (TPSA) is 228 Å². The largest absolute Gasteiger partial charge is 0.470 e. The summed E-state index contributed by atoms with van der Waals surface area (Å²) in [4.78, 5) is 59.1. The average Bonchev–Trinajstić information content (AvgIpc) is 3.07. The molecule has 1 saturated heterocycles. The van der Waals surface area contributed by atoms with Crippen molar-refractivity contribution in [1.29, 1.82) is 0 Å². The van der Waals surface area contributed by atoms with Gasteiger partial charge in [0, 0.05) is 0 Å². The van der Waals surface area contributed by atoms with Crippen LogP contribution in [0.4, 0.5) is 0 Å². The van der Waals surface area contributed by atoms with Crippen molar-refractivity contribution < 1.29 is 70.8 Å². The molecule has 18 heteroatoms. The van der Waals surface area contributed by atoms with E-state index >= 15 is 0 Å². The molecule has 1 fully saturated rings. The normalized spacial score (nSPS) is 21.9. The van der Waals surface area contributed by atoms with Crippen LogP contribution >= 0.6 is 23.5 Å². The van der Waals surface area contributed by atoms with E-state index in [4.69, 9.17) is 27.8 Å². The summed E-state index contributed by atoms with van der Waals surface area (Å²) in [6.07, 6.45) is -10.2. The highest BCUT2D eigenvalue weighted by Crippen LogP contribution is 2.51. The summed E-state index contributed by atoms with van der Waals surface area (Å²) in [5.74, 6) is 0. The first-order chi connectivity index (χ1) is 23.6. The lowest BCUT2D eigenvalue weighted by Crippen LogP contribution is -2.61. The second-order valence-electron chi connectivity index (χ2n) is 11.1. The van der Waals surface area contributed by atoms with Crippen molar-refractivity contribution in [3.8, 4) is 0 Å². The zero-order chi connectivity index (χ0) is 36.0. The Kier molecular flexibility index (Phi) is 12.4. The van der Waals surface area contributed by atoms with Gasteiger partial charge in [0.25, 0.3) is 0 Å². The molecule has 50 heavy (non-hydrogen) atoms. The molecule has 0 bridgehead atoms. The van der Waals surface area contributed by atoms with Crippen LogP contribution in [0.1, 0.15) is 22.3 Å². The van der Waals surface area contributed by atoms with Gasteiger partial charge in [0.1, 0.15) is 30.0 Å². The molecular formula is C32H35O15P3. The lowest BCUT2D eigenvalue weighted by Gasteiger charge is -2.46. The van der Waals surface area contributed by atoms with Gasteiger partial charge in [-0.2, -0.15) is 0 Å². The van der Waals surface area contributed by atoms with Crippen LogP contribution < -0.4 is 0 Å². The summed E-state index contributed by atoms with van der Waals surface area (Å²) >= 11 is 0. The quantitative estimate of drug-likeness (QED) is 0.0732. The first-order valence-corrected chi connectivity index (χ1v) is 19.6. The number of phosphoric ester groups is 3. The minimum Gasteiger partial charge on any atom is -0.358 e. The Hall–Kier alpha value is -2.91. The molecule has 4 aromatic rings. The maximum atomic E-state index is 12.3. The van der Waals surface area contributed by atoms with Crippen LogP contribution in [0.2, 0.25) is 0 Å². The van der Waals surface area contributed by atoms with E-state index in [1.54, 1.807) is 121 Å². The Morgan fingerprint density at radius 3 is 1.34 bits per heavy atom. The van der Waals surface area contributed by atoms with Gasteiger partial charge in [0.15, 0.2) is 6.29 Å². The first kappa shape index (κ1) is 38.3. The summed E-state index contributed by atoms with van der Waals surface area (Å²) in [6.45, 7) is -0.868. The molecule has 6 N–H and O–H groups in total. The van der Waals surface area contributed by atoms with Gasteiger partial charge in [-0.05, 0) is 22.3 Å². The summed E-state index contributed by atoms with van der Waals surface area (Å²) in [5, 5.41) is 0. The molecule has 0 aromatic heterocycles. The molecule has 1 aliphatic heterocycles. The lowest BCUT2D eigenvalue weighted by atomic mass is 9.80. The van der Waals surface area contributed by atoms with Crippen LogP contribution in [0.25, 0.3) is 0 Å². The van der Waals surface area contributed by atoms with Gasteiger partial charge in [0.05, 0.1) is 13.2 Å². The maximum absolute atomic E-state index is 12.3. The van der Waals surface area contributed by atoms with Crippen LogP contribution in [0.15, 0.2) is 121 Å². The number of rotatable bonds is 15. The highest BCUT2D eigenvalue weighted by molar-refractivity contribution is 7.47. The predicted molar refractivity (Wildman–Crippen MR) is 176 cm³/mol. The van der Waals surface area contributed by atoms with Crippen molar-refractivity contribution in [3.63, 3.8) is 0 Å². The maximum Gasteiger partial charge on any atom is 0.470 e. The lowest BCUT2D eigenvalue weighted by molar-refractivity contribution is -0.299. The molecule has 268 valence electrons. The zero-order valence-electron chi connectivity index (χ0n) is 26.0. The van der Waals surface area contributed by atoms with Gasteiger partial charge in [-0.25, -0.2) is 13.7 Å². The number of benzene rings is 4. The highest BCUT2D eigenvalue weighted by Gasteiger charge is 2.55. The molecule has 1 heterocycles. The highest BCUT2D eigenvalue weighted by atomic mass is 31.2. The Bertz CT molecular complexity index is 1700. The Morgan fingerprint density at radius 2 is 0.920 bits per heavy atom. The van der Waals surface area contributed by atoms with Crippen molar-refractivity contribution in [2.45, 2.75) is 42.9 Å². The molecule has 0 saturated carbocycles. The van der Waals surface area contributed by atoms with Gasteiger partial charge in [-0.3, -0.25) is 13.6 Å². The monoisotopic (exact) mass is 752 g/mol.